The van der Waals surface area contributed by atoms with Gasteiger partial charge in [-0.05, 0) is 56.5 Å². The molecule has 1 unspecified atom stereocenters. The first-order valence-electron chi connectivity index (χ1n) is 13.5. The van der Waals surface area contributed by atoms with Gasteiger partial charge in [0, 0.05) is 47.6 Å². The lowest BCUT2D eigenvalue weighted by atomic mass is 9.84. The van der Waals surface area contributed by atoms with Crippen molar-refractivity contribution in [2.24, 2.45) is 0 Å². The number of aromatic nitrogens is 1. The van der Waals surface area contributed by atoms with Crippen LogP contribution in [0.5, 0.6) is 0 Å². The number of amides is 2. The summed E-state index contributed by atoms with van der Waals surface area (Å²) < 4.78 is 82.4. The van der Waals surface area contributed by atoms with E-state index in [0.717, 1.165) is 30.8 Å². The highest BCUT2D eigenvalue weighted by Gasteiger charge is 2.50. The summed E-state index contributed by atoms with van der Waals surface area (Å²) in [5.74, 6) is -5.28. The highest BCUT2D eigenvalue weighted by molar-refractivity contribution is 6.24. The summed E-state index contributed by atoms with van der Waals surface area (Å²) >= 11 is 0. The molecule has 1 atom stereocenters. The minimum absolute atomic E-state index is 0.00711. The van der Waals surface area contributed by atoms with Gasteiger partial charge in [0.25, 0.3) is 17.7 Å². The molecule has 5 rings (SSSR count). The van der Waals surface area contributed by atoms with Gasteiger partial charge >= 0.3 is 6.18 Å². The third-order valence-electron chi connectivity index (χ3n) is 8.17. The van der Waals surface area contributed by atoms with Gasteiger partial charge in [0.15, 0.2) is 0 Å². The van der Waals surface area contributed by atoms with E-state index in [0.29, 0.717) is 31.5 Å². The first-order valence-corrected chi connectivity index (χ1v) is 13.5. The Bertz CT molecular complexity index is 1610. The van der Waals surface area contributed by atoms with Gasteiger partial charge in [0.05, 0.1) is 12.1 Å². The number of anilines is 1. The molecular formula is C31H28F6N4O2. The lowest BCUT2D eigenvalue weighted by molar-refractivity contribution is -0.157. The average Bonchev–Trinajstić information content (AvgIpc) is 3.34. The van der Waals surface area contributed by atoms with Crippen molar-refractivity contribution in [3.05, 3.63) is 94.6 Å². The van der Waals surface area contributed by atoms with Crippen LogP contribution >= 0.6 is 0 Å². The first kappa shape index (κ1) is 30.3. The van der Waals surface area contributed by atoms with Crippen molar-refractivity contribution in [1.82, 2.24) is 15.0 Å². The van der Waals surface area contributed by atoms with Crippen LogP contribution in [0.2, 0.25) is 0 Å². The molecule has 2 aliphatic heterocycles. The van der Waals surface area contributed by atoms with Gasteiger partial charge in [-0.25, -0.2) is 18.2 Å². The van der Waals surface area contributed by atoms with Crippen molar-refractivity contribution in [2.75, 3.05) is 11.9 Å². The molecule has 2 aromatic carbocycles. The number of carbonyl (C=O) groups excluding carboxylic acids is 2. The summed E-state index contributed by atoms with van der Waals surface area (Å²) in [4.78, 5) is 31.1. The SMILES string of the molecule is CC1=C(C(=O)Nc2ccc(C(C)(F)F)cc2-c2ccc(C(F)(F)F)nc2)C(=O)N(Cc2ccccc2F)N2CCCC12C. The maximum absolute atomic E-state index is 14.6. The smallest absolute Gasteiger partial charge is 0.321 e. The molecule has 6 nitrogen and oxygen atoms in total. The summed E-state index contributed by atoms with van der Waals surface area (Å²) in [5.41, 5.74) is -1.72. The maximum Gasteiger partial charge on any atom is 0.433 e. The Balaban J connectivity index is 1.54. The van der Waals surface area contributed by atoms with Crippen LogP contribution < -0.4 is 5.32 Å². The van der Waals surface area contributed by atoms with Crippen LogP contribution in [0.25, 0.3) is 11.1 Å². The molecule has 0 aliphatic carbocycles. The van der Waals surface area contributed by atoms with E-state index in [1.54, 1.807) is 19.1 Å². The van der Waals surface area contributed by atoms with Crippen molar-refractivity contribution in [3.8, 4) is 11.1 Å². The Labute approximate surface area is 244 Å². The number of nitrogens with one attached hydrogen (secondary N) is 1. The normalized spacial score (nSPS) is 19.6. The summed E-state index contributed by atoms with van der Waals surface area (Å²) in [5, 5.41) is 5.82. The number of rotatable bonds is 6. The number of hydrogen-bond donors (Lipinski definition) is 1. The second kappa shape index (κ2) is 10.8. The summed E-state index contributed by atoms with van der Waals surface area (Å²) in [7, 11) is 0. The highest BCUT2D eigenvalue weighted by Crippen LogP contribution is 2.43. The molecule has 2 amide bonds. The third kappa shape index (κ3) is 5.63. The molecule has 1 N–H and O–H groups in total. The predicted molar refractivity (Wildman–Crippen MR) is 147 cm³/mol. The standard InChI is InChI=1S/C31H28F6N4O2/c1-18-26(28(43)40(41-14-6-13-29(18,41)2)17-20-7-4-5-8-23(20)32)27(42)39-24-11-10-21(30(3,33)34)15-22(24)19-9-12-25(38-16-19)31(35,36)37/h4-5,7-12,15-16H,6,13-14,17H2,1-3H3,(H,39,42). The van der Waals surface area contributed by atoms with Crippen molar-refractivity contribution in [3.63, 3.8) is 0 Å². The Morgan fingerprint density at radius 2 is 1.79 bits per heavy atom. The fourth-order valence-corrected chi connectivity index (χ4v) is 5.67. The number of hydrogen-bond acceptors (Lipinski definition) is 4. The zero-order valence-corrected chi connectivity index (χ0v) is 23.5. The molecule has 1 aromatic heterocycles. The average molecular weight is 603 g/mol. The molecule has 1 fully saturated rings. The molecule has 0 bridgehead atoms. The number of pyridine rings is 1. The monoisotopic (exact) mass is 602 g/mol. The zero-order chi connectivity index (χ0) is 31.3. The summed E-state index contributed by atoms with van der Waals surface area (Å²) in [6, 6.07) is 11.2. The van der Waals surface area contributed by atoms with Crippen LogP contribution in [0.3, 0.4) is 0 Å². The first-order chi connectivity index (χ1) is 20.1. The van der Waals surface area contributed by atoms with Crippen LogP contribution in [0.4, 0.5) is 32.0 Å². The maximum atomic E-state index is 14.6. The van der Waals surface area contributed by atoms with Crippen molar-refractivity contribution >= 4 is 17.5 Å². The van der Waals surface area contributed by atoms with Crippen molar-refractivity contribution < 1.29 is 35.9 Å². The molecule has 3 aromatic rings. The van der Waals surface area contributed by atoms with Gasteiger partial charge in [-0.1, -0.05) is 30.3 Å². The number of nitrogens with zero attached hydrogens (tertiary/aromatic N) is 3. The highest BCUT2D eigenvalue weighted by atomic mass is 19.4. The van der Waals surface area contributed by atoms with E-state index in [9.17, 15) is 35.9 Å². The second-order valence-corrected chi connectivity index (χ2v) is 11.0. The number of carbonyl (C=O) groups is 2. The van der Waals surface area contributed by atoms with Gasteiger partial charge in [-0.2, -0.15) is 13.2 Å². The number of hydrazine groups is 1. The van der Waals surface area contributed by atoms with Gasteiger partial charge in [-0.3, -0.25) is 19.6 Å². The van der Waals surface area contributed by atoms with E-state index in [2.05, 4.69) is 10.3 Å². The molecule has 226 valence electrons. The topological polar surface area (TPSA) is 65.5 Å². The van der Waals surface area contributed by atoms with Crippen LogP contribution in [0, 0.1) is 5.82 Å². The number of alkyl halides is 5. The molecule has 0 saturated carbocycles. The van der Waals surface area contributed by atoms with Gasteiger partial charge in [-0.15, -0.1) is 0 Å². The van der Waals surface area contributed by atoms with E-state index in [1.807, 2.05) is 11.9 Å². The lowest BCUT2D eigenvalue weighted by Gasteiger charge is -2.48. The fraction of sp³-hybridized carbons (Fsp3) is 0.323. The largest absolute Gasteiger partial charge is 0.433 e. The van der Waals surface area contributed by atoms with E-state index >= 15 is 0 Å². The Morgan fingerprint density at radius 1 is 1.07 bits per heavy atom. The van der Waals surface area contributed by atoms with E-state index in [-0.39, 0.29) is 34.5 Å². The lowest BCUT2D eigenvalue weighted by Crippen LogP contribution is -2.60. The quantitative estimate of drug-likeness (QED) is 0.242. The minimum Gasteiger partial charge on any atom is -0.321 e. The van der Waals surface area contributed by atoms with Crippen LogP contribution in [-0.4, -0.2) is 38.9 Å². The summed E-state index contributed by atoms with van der Waals surface area (Å²) in [6.45, 7) is 4.63. The van der Waals surface area contributed by atoms with Crippen molar-refractivity contribution in [2.45, 2.75) is 57.8 Å². The van der Waals surface area contributed by atoms with E-state index < -0.39 is 46.5 Å². The predicted octanol–water partition coefficient (Wildman–Crippen LogP) is 7.09. The third-order valence-corrected chi connectivity index (χ3v) is 8.17. The Hall–Kier alpha value is -4.19. The minimum atomic E-state index is -4.71. The molecule has 0 spiro atoms. The molecule has 2 aliphatic rings. The number of benzene rings is 2. The Kier molecular flexibility index (Phi) is 7.62. The number of halogens is 6. The van der Waals surface area contributed by atoms with Gasteiger partial charge < -0.3 is 5.32 Å². The van der Waals surface area contributed by atoms with Crippen molar-refractivity contribution in [1.29, 1.82) is 0 Å². The molecule has 43 heavy (non-hydrogen) atoms. The van der Waals surface area contributed by atoms with Crippen LogP contribution in [0.15, 0.2) is 71.9 Å². The molecular weight excluding hydrogens is 574 g/mol. The molecule has 0 radical (unpaired) electrons. The van der Waals surface area contributed by atoms with Gasteiger partial charge in [0.2, 0.25) is 0 Å². The van der Waals surface area contributed by atoms with Gasteiger partial charge in [0.1, 0.15) is 17.1 Å². The number of fused-ring (bicyclic) bond motifs is 1. The fourth-order valence-electron chi connectivity index (χ4n) is 5.67. The second-order valence-electron chi connectivity index (χ2n) is 11.0. The summed E-state index contributed by atoms with van der Waals surface area (Å²) in [6.07, 6.45) is -2.48. The van der Waals surface area contributed by atoms with Crippen LogP contribution in [-0.2, 0) is 28.2 Å². The Morgan fingerprint density at radius 3 is 2.42 bits per heavy atom. The zero-order valence-electron chi connectivity index (χ0n) is 23.5. The van der Waals surface area contributed by atoms with Crippen LogP contribution in [0.1, 0.15) is 50.4 Å². The van der Waals surface area contributed by atoms with E-state index in [4.69, 9.17) is 0 Å². The molecule has 12 heteroatoms. The molecule has 1 saturated heterocycles. The molecule has 3 heterocycles. The van der Waals surface area contributed by atoms with E-state index in [1.165, 1.54) is 23.2 Å².